The van der Waals surface area contributed by atoms with Gasteiger partial charge >= 0.3 is 5.97 Å². The molecule has 0 bridgehead atoms. The van der Waals surface area contributed by atoms with Gasteiger partial charge in [0.1, 0.15) is 10.6 Å². The summed E-state index contributed by atoms with van der Waals surface area (Å²) in [4.78, 5) is 26.6. The highest BCUT2D eigenvalue weighted by atomic mass is 32.2. The molecule has 1 aromatic heterocycles. The zero-order valence-electron chi connectivity index (χ0n) is 18.4. The minimum atomic E-state index is -3.25. The molecule has 174 valence electrons. The first kappa shape index (κ1) is 24.2. The van der Waals surface area contributed by atoms with E-state index in [-0.39, 0.29) is 24.2 Å². The number of sulfonamides is 1. The van der Waals surface area contributed by atoms with Crippen LogP contribution < -0.4 is 10.1 Å². The van der Waals surface area contributed by atoms with Crippen molar-refractivity contribution in [1.82, 2.24) is 4.31 Å². The minimum absolute atomic E-state index is 0.0514. The summed E-state index contributed by atoms with van der Waals surface area (Å²) in [6.07, 6.45) is 0.880. The Morgan fingerprint density at radius 2 is 1.81 bits per heavy atom. The van der Waals surface area contributed by atoms with Crippen LogP contribution in [0, 0.1) is 5.92 Å². The van der Waals surface area contributed by atoms with Crippen molar-refractivity contribution in [1.29, 1.82) is 0 Å². The quantitative estimate of drug-likeness (QED) is 0.579. The van der Waals surface area contributed by atoms with Crippen molar-refractivity contribution in [3.05, 3.63) is 35.2 Å². The predicted octanol–water partition coefficient (Wildman–Crippen LogP) is 3.60. The number of nitrogens with zero attached hydrogens (tertiary/aromatic N) is 1. The summed E-state index contributed by atoms with van der Waals surface area (Å²) >= 11 is 1.25. The Hall–Kier alpha value is -2.43. The molecule has 0 saturated carbocycles. The molecule has 0 atom stereocenters. The fourth-order valence-corrected chi connectivity index (χ4v) is 5.69. The maximum absolute atomic E-state index is 12.9. The number of nitrogens with one attached hydrogen (secondary N) is 1. The highest BCUT2D eigenvalue weighted by molar-refractivity contribution is 7.89. The molecule has 1 aromatic carbocycles. The van der Waals surface area contributed by atoms with Gasteiger partial charge in [0, 0.05) is 23.9 Å². The van der Waals surface area contributed by atoms with Crippen molar-refractivity contribution >= 4 is 38.9 Å². The van der Waals surface area contributed by atoms with Crippen LogP contribution in [0.15, 0.2) is 30.3 Å². The lowest BCUT2D eigenvalue weighted by Crippen LogP contribution is -2.42. The predicted molar refractivity (Wildman–Crippen MR) is 125 cm³/mol. The highest BCUT2D eigenvalue weighted by Gasteiger charge is 2.31. The van der Waals surface area contributed by atoms with Crippen molar-refractivity contribution in [3.8, 4) is 16.2 Å². The van der Waals surface area contributed by atoms with Crippen LogP contribution in [0.3, 0.4) is 0 Å². The molecule has 1 aliphatic heterocycles. The Bertz CT molecular complexity index is 1050. The topological polar surface area (TPSA) is 102 Å². The van der Waals surface area contributed by atoms with Crippen molar-refractivity contribution in [3.63, 3.8) is 0 Å². The molecule has 8 nitrogen and oxygen atoms in total. The molecule has 0 radical (unpaired) electrons. The largest absolute Gasteiger partial charge is 0.497 e. The number of anilines is 1. The van der Waals surface area contributed by atoms with E-state index in [9.17, 15) is 18.0 Å². The second kappa shape index (κ2) is 10.5. The van der Waals surface area contributed by atoms with Crippen LogP contribution in [0.5, 0.6) is 5.75 Å². The van der Waals surface area contributed by atoms with Gasteiger partial charge < -0.3 is 14.8 Å². The number of thiophene rings is 1. The van der Waals surface area contributed by atoms with Gasteiger partial charge in [0.15, 0.2) is 0 Å². The summed E-state index contributed by atoms with van der Waals surface area (Å²) in [5, 5.41) is 2.88. The minimum Gasteiger partial charge on any atom is -0.497 e. The number of ether oxygens (including phenoxy) is 2. The van der Waals surface area contributed by atoms with Gasteiger partial charge in [-0.2, -0.15) is 0 Å². The van der Waals surface area contributed by atoms with E-state index in [0.717, 1.165) is 16.2 Å². The first-order valence-corrected chi connectivity index (χ1v) is 13.0. The monoisotopic (exact) mass is 480 g/mol. The number of carbonyl (C=O) groups is 2. The van der Waals surface area contributed by atoms with E-state index >= 15 is 0 Å². The molecule has 0 spiro atoms. The lowest BCUT2D eigenvalue weighted by Gasteiger charge is -2.30. The lowest BCUT2D eigenvalue weighted by molar-refractivity contribution is -0.120. The van der Waals surface area contributed by atoms with Crippen molar-refractivity contribution in [2.45, 2.75) is 26.7 Å². The molecule has 0 aliphatic carbocycles. The fraction of sp³-hybridized carbons (Fsp3) is 0.455. The van der Waals surface area contributed by atoms with Crippen LogP contribution in [0.25, 0.3) is 10.4 Å². The van der Waals surface area contributed by atoms with Gasteiger partial charge in [0.25, 0.3) is 0 Å². The number of amides is 1. The summed E-state index contributed by atoms with van der Waals surface area (Å²) in [6, 6.07) is 9.20. The molecule has 3 rings (SSSR count). The molecule has 2 heterocycles. The number of hydrogen-bond donors (Lipinski definition) is 1. The van der Waals surface area contributed by atoms with Gasteiger partial charge in [-0.15, -0.1) is 11.3 Å². The van der Waals surface area contributed by atoms with E-state index in [2.05, 4.69) is 5.32 Å². The summed E-state index contributed by atoms with van der Waals surface area (Å²) in [6.45, 7) is 4.21. The summed E-state index contributed by atoms with van der Waals surface area (Å²) in [7, 11) is -1.66. The molecule has 1 saturated heterocycles. The van der Waals surface area contributed by atoms with E-state index in [0.29, 0.717) is 36.5 Å². The van der Waals surface area contributed by atoms with Gasteiger partial charge in [-0.3, -0.25) is 4.79 Å². The average molecular weight is 481 g/mol. The summed E-state index contributed by atoms with van der Waals surface area (Å²) in [5.74, 6) is -0.256. The van der Waals surface area contributed by atoms with Crippen molar-refractivity contribution < 1.29 is 27.5 Å². The van der Waals surface area contributed by atoms with Gasteiger partial charge in [0.2, 0.25) is 15.9 Å². The Balaban J connectivity index is 1.77. The highest BCUT2D eigenvalue weighted by Crippen LogP contribution is 2.36. The van der Waals surface area contributed by atoms with Crippen LogP contribution >= 0.6 is 11.3 Å². The molecule has 1 aliphatic rings. The van der Waals surface area contributed by atoms with E-state index in [4.69, 9.17) is 9.47 Å². The molecule has 1 amide bonds. The molecular weight excluding hydrogens is 452 g/mol. The average Bonchev–Trinajstić information content (AvgIpc) is 3.23. The Morgan fingerprint density at radius 1 is 1.16 bits per heavy atom. The van der Waals surface area contributed by atoms with Gasteiger partial charge in [-0.25, -0.2) is 17.5 Å². The number of benzene rings is 1. The fourth-order valence-electron chi connectivity index (χ4n) is 3.54. The van der Waals surface area contributed by atoms with Crippen LogP contribution in [0.1, 0.15) is 36.4 Å². The summed E-state index contributed by atoms with van der Waals surface area (Å²) < 4.78 is 35.9. The van der Waals surface area contributed by atoms with Crippen LogP contribution in [0.2, 0.25) is 0 Å². The van der Waals surface area contributed by atoms with Crippen molar-refractivity contribution in [2.24, 2.45) is 5.92 Å². The second-order valence-corrected chi connectivity index (χ2v) is 10.7. The van der Waals surface area contributed by atoms with Gasteiger partial charge in [0.05, 0.1) is 25.2 Å². The molecule has 2 aromatic rings. The standard InChI is InChI=1S/C22H28N2O6S2/c1-4-30-22(26)20-18(14-19(31-20)15-6-8-17(29-3)9-7-15)23-21(25)16-10-12-24(13-11-16)32(27,28)5-2/h6-9,14,16H,4-5,10-13H2,1-3H3,(H,23,25). The first-order valence-electron chi connectivity index (χ1n) is 10.5. The molecule has 10 heteroatoms. The first-order chi connectivity index (χ1) is 15.3. The van der Waals surface area contributed by atoms with Crippen LogP contribution in [0.4, 0.5) is 5.69 Å². The second-order valence-electron chi connectivity index (χ2n) is 7.37. The van der Waals surface area contributed by atoms with E-state index < -0.39 is 16.0 Å². The molecule has 1 N–H and O–H groups in total. The number of piperidine rings is 1. The zero-order chi connectivity index (χ0) is 23.3. The van der Waals surface area contributed by atoms with E-state index in [1.807, 2.05) is 24.3 Å². The Morgan fingerprint density at radius 3 is 2.38 bits per heavy atom. The van der Waals surface area contributed by atoms with Crippen LogP contribution in [-0.4, -0.2) is 57.2 Å². The molecule has 32 heavy (non-hydrogen) atoms. The number of methoxy groups -OCH3 is 1. The number of rotatable bonds is 8. The zero-order valence-corrected chi connectivity index (χ0v) is 20.1. The SMILES string of the molecule is CCOC(=O)c1sc(-c2ccc(OC)cc2)cc1NC(=O)C1CCN(S(=O)(=O)CC)CC1. The maximum atomic E-state index is 12.9. The Kier molecular flexibility index (Phi) is 7.91. The van der Waals surface area contributed by atoms with Gasteiger partial charge in [-0.05, 0) is 62.6 Å². The van der Waals surface area contributed by atoms with E-state index in [1.54, 1.807) is 27.0 Å². The molecular formula is C22H28N2O6S2. The Labute approximate surface area is 192 Å². The van der Waals surface area contributed by atoms with Crippen molar-refractivity contribution in [2.75, 3.05) is 37.9 Å². The molecule has 0 unspecified atom stereocenters. The normalized spacial score (nSPS) is 15.3. The number of hydrogen-bond acceptors (Lipinski definition) is 7. The molecule has 1 fully saturated rings. The van der Waals surface area contributed by atoms with E-state index in [1.165, 1.54) is 15.6 Å². The smallest absolute Gasteiger partial charge is 0.350 e. The number of esters is 1. The third kappa shape index (κ3) is 5.48. The third-order valence-corrected chi connectivity index (χ3v) is 8.45. The maximum Gasteiger partial charge on any atom is 0.350 e. The third-order valence-electron chi connectivity index (χ3n) is 5.41. The summed E-state index contributed by atoms with van der Waals surface area (Å²) in [5.41, 5.74) is 1.30. The van der Waals surface area contributed by atoms with Gasteiger partial charge in [-0.1, -0.05) is 0 Å². The lowest BCUT2D eigenvalue weighted by atomic mass is 9.97. The number of carbonyl (C=O) groups excluding carboxylic acids is 2. The van der Waals surface area contributed by atoms with Crippen LogP contribution in [-0.2, 0) is 19.6 Å².